The molecule has 0 aliphatic carbocycles. The van der Waals surface area contributed by atoms with E-state index in [9.17, 15) is 4.39 Å². The fourth-order valence-corrected chi connectivity index (χ4v) is 3.99. The standard InChI is InChI=1S/C26H53FO2/c1-4-6-7-8-9-10-11-12-13-16-19-22-26(3,29-5-2)25-28-24-21-18-15-14-17-20-23-27/h4-25H2,1-3H3. The van der Waals surface area contributed by atoms with E-state index in [1.54, 1.807) is 0 Å². The Morgan fingerprint density at radius 3 is 1.62 bits per heavy atom. The van der Waals surface area contributed by atoms with Crippen LogP contribution in [0.15, 0.2) is 0 Å². The highest BCUT2D eigenvalue weighted by atomic mass is 19.1. The average molecular weight is 417 g/mol. The molecule has 0 saturated heterocycles. The largest absolute Gasteiger partial charge is 0.378 e. The summed E-state index contributed by atoms with van der Waals surface area (Å²) in [6.07, 6.45) is 22.7. The first-order chi connectivity index (χ1) is 14.2. The number of hydrogen-bond acceptors (Lipinski definition) is 2. The molecule has 0 aliphatic rings. The molecule has 0 aromatic carbocycles. The molecule has 0 bridgehead atoms. The second kappa shape index (κ2) is 22.5. The summed E-state index contributed by atoms with van der Waals surface area (Å²) < 4.78 is 24.0. The van der Waals surface area contributed by atoms with Crippen molar-refractivity contribution in [1.29, 1.82) is 0 Å². The number of hydrogen-bond donors (Lipinski definition) is 0. The van der Waals surface area contributed by atoms with Crippen LogP contribution in [0.4, 0.5) is 4.39 Å². The SMILES string of the molecule is CCCCCCCCCCCCCC(C)(COCCCCCCCCF)OCC. The van der Waals surface area contributed by atoms with Gasteiger partial charge in [0.25, 0.3) is 0 Å². The van der Waals surface area contributed by atoms with Crippen LogP contribution in [0.1, 0.15) is 136 Å². The molecule has 176 valence electrons. The Morgan fingerprint density at radius 2 is 1.10 bits per heavy atom. The molecule has 0 radical (unpaired) electrons. The van der Waals surface area contributed by atoms with E-state index in [0.717, 1.165) is 45.3 Å². The minimum absolute atomic E-state index is 0.130. The van der Waals surface area contributed by atoms with E-state index in [0.29, 0.717) is 6.61 Å². The predicted molar refractivity (Wildman–Crippen MR) is 126 cm³/mol. The Hall–Kier alpha value is -0.150. The van der Waals surface area contributed by atoms with E-state index in [4.69, 9.17) is 9.47 Å². The highest BCUT2D eigenvalue weighted by Crippen LogP contribution is 2.21. The molecule has 1 unspecified atom stereocenters. The van der Waals surface area contributed by atoms with E-state index in [1.165, 1.54) is 83.5 Å². The molecular weight excluding hydrogens is 363 g/mol. The van der Waals surface area contributed by atoms with Gasteiger partial charge in [0.1, 0.15) is 0 Å². The summed E-state index contributed by atoms with van der Waals surface area (Å²) in [4.78, 5) is 0. The minimum atomic E-state index is -0.168. The average Bonchev–Trinajstić information content (AvgIpc) is 2.71. The van der Waals surface area contributed by atoms with Crippen LogP contribution in [0.3, 0.4) is 0 Å². The van der Waals surface area contributed by atoms with Crippen molar-refractivity contribution < 1.29 is 13.9 Å². The smallest absolute Gasteiger partial charge is 0.0894 e. The van der Waals surface area contributed by atoms with Crippen LogP contribution in [0.2, 0.25) is 0 Å². The molecule has 0 heterocycles. The Bertz CT molecular complexity index is 311. The minimum Gasteiger partial charge on any atom is -0.378 e. The molecule has 0 aromatic rings. The quantitative estimate of drug-likeness (QED) is 0.146. The summed E-state index contributed by atoms with van der Waals surface area (Å²) in [5.41, 5.74) is -0.130. The van der Waals surface area contributed by atoms with Crippen molar-refractivity contribution in [3.05, 3.63) is 0 Å². The van der Waals surface area contributed by atoms with Gasteiger partial charge >= 0.3 is 0 Å². The van der Waals surface area contributed by atoms with Crippen LogP contribution in [-0.2, 0) is 9.47 Å². The van der Waals surface area contributed by atoms with Crippen molar-refractivity contribution in [3.8, 4) is 0 Å². The van der Waals surface area contributed by atoms with E-state index in [1.807, 2.05) is 0 Å². The Kier molecular flexibility index (Phi) is 22.4. The lowest BCUT2D eigenvalue weighted by Crippen LogP contribution is -2.34. The number of halogens is 1. The van der Waals surface area contributed by atoms with Gasteiger partial charge in [-0.2, -0.15) is 0 Å². The van der Waals surface area contributed by atoms with Crippen LogP contribution in [0, 0.1) is 0 Å². The lowest BCUT2D eigenvalue weighted by Gasteiger charge is -2.29. The monoisotopic (exact) mass is 416 g/mol. The summed E-state index contributed by atoms with van der Waals surface area (Å²) in [5, 5.41) is 0. The highest BCUT2D eigenvalue weighted by molar-refractivity contribution is 4.75. The van der Waals surface area contributed by atoms with Crippen molar-refractivity contribution in [3.63, 3.8) is 0 Å². The van der Waals surface area contributed by atoms with Crippen molar-refractivity contribution in [2.75, 3.05) is 26.5 Å². The molecule has 0 N–H and O–H groups in total. The lowest BCUT2D eigenvalue weighted by molar-refractivity contribution is -0.0885. The summed E-state index contributed by atoms with van der Waals surface area (Å²) in [7, 11) is 0. The number of unbranched alkanes of at least 4 members (excludes halogenated alkanes) is 15. The highest BCUT2D eigenvalue weighted by Gasteiger charge is 2.24. The van der Waals surface area contributed by atoms with Gasteiger partial charge < -0.3 is 9.47 Å². The molecule has 1 atom stereocenters. The van der Waals surface area contributed by atoms with Crippen LogP contribution in [-0.4, -0.2) is 32.1 Å². The summed E-state index contributed by atoms with van der Waals surface area (Å²) >= 11 is 0. The van der Waals surface area contributed by atoms with Gasteiger partial charge in [-0.15, -0.1) is 0 Å². The van der Waals surface area contributed by atoms with Crippen LogP contribution in [0.25, 0.3) is 0 Å². The maximum Gasteiger partial charge on any atom is 0.0894 e. The van der Waals surface area contributed by atoms with Crippen molar-refractivity contribution in [1.82, 2.24) is 0 Å². The third-order valence-corrected chi connectivity index (χ3v) is 5.88. The number of rotatable bonds is 24. The van der Waals surface area contributed by atoms with Crippen LogP contribution in [0.5, 0.6) is 0 Å². The summed E-state index contributed by atoms with van der Waals surface area (Å²) in [6.45, 7) is 8.69. The zero-order valence-electron chi connectivity index (χ0n) is 20.3. The fourth-order valence-electron chi connectivity index (χ4n) is 3.99. The molecule has 0 aliphatic heterocycles. The second-order valence-corrected chi connectivity index (χ2v) is 9.03. The number of ether oxygens (including phenoxy) is 2. The molecule has 0 spiro atoms. The zero-order valence-corrected chi connectivity index (χ0v) is 20.3. The van der Waals surface area contributed by atoms with Gasteiger partial charge in [0, 0.05) is 13.2 Å². The normalized spacial score (nSPS) is 13.7. The van der Waals surface area contributed by atoms with Gasteiger partial charge in [0.05, 0.1) is 18.9 Å². The maximum atomic E-state index is 12.0. The van der Waals surface area contributed by atoms with Crippen LogP contribution >= 0.6 is 0 Å². The zero-order chi connectivity index (χ0) is 21.5. The summed E-state index contributed by atoms with van der Waals surface area (Å²) in [5.74, 6) is 0. The first-order valence-electron chi connectivity index (χ1n) is 13.0. The Morgan fingerprint density at radius 1 is 0.621 bits per heavy atom. The molecule has 0 fully saturated rings. The Labute approximate surface area is 182 Å². The van der Waals surface area contributed by atoms with Crippen molar-refractivity contribution in [2.24, 2.45) is 0 Å². The molecule has 3 heteroatoms. The van der Waals surface area contributed by atoms with E-state index < -0.39 is 0 Å². The van der Waals surface area contributed by atoms with Gasteiger partial charge in [-0.25, -0.2) is 0 Å². The lowest BCUT2D eigenvalue weighted by atomic mass is 9.97. The third-order valence-electron chi connectivity index (χ3n) is 5.88. The maximum absolute atomic E-state index is 12.0. The number of alkyl halides is 1. The molecule has 0 rings (SSSR count). The van der Waals surface area contributed by atoms with Gasteiger partial charge in [0.2, 0.25) is 0 Å². The third kappa shape index (κ3) is 20.9. The van der Waals surface area contributed by atoms with Gasteiger partial charge in [0.15, 0.2) is 0 Å². The van der Waals surface area contributed by atoms with Crippen molar-refractivity contribution in [2.45, 2.75) is 142 Å². The van der Waals surface area contributed by atoms with E-state index in [2.05, 4.69) is 20.8 Å². The molecule has 0 amide bonds. The molecule has 0 saturated carbocycles. The predicted octanol–water partition coefficient (Wildman–Crippen LogP) is 8.81. The molecular formula is C26H53FO2. The van der Waals surface area contributed by atoms with E-state index in [-0.39, 0.29) is 12.3 Å². The first-order valence-corrected chi connectivity index (χ1v) is 13.0. The topological polar surface area (TPSA) is 18.5 Å². The molecule has 2 nitrogen and oxygen atoms in total. The second-order valence-electron chi connectivity index (χ2n) is 9.03. The first kappa shape index (κ1) is 28.9. The summed E-state index contributed by atoms with van der Waals surface area (Å²) in [6, 6.07) is 0. The van der Waals surface area contributed by atoms with Gasteiger partial charge in [-0.05, 0) is 33.1 Å². The fraction of sp³-hybridized carbons (Fsp3) is 1.00. The van der Waals surface area contributed by atoms with Crippen LogP contribution < -0.4 is 0 Å². The van der Waals surface area contributed by atoms with Gasteiger partial charge in [-0.1, -0.05) is 103 Å². The molecule has 0 aromatic heterocycles. The Balaban J connectivity index is 3.60. The molecule has 29 heavy (non-hydrogen) atoms. The van der Waals surface area contributed by atoms with Crippen molar-refractivity contribution >= 4 is 0 Å². The van der Waals surface area contributed by atoms with Gasteiger partial charge in [-0.3, -0.25) is 4.39 Å². The van der Waals surface area contributed by atoms with E-state index >= 15 is 0 Å².